The van der Waals surface area contributed by atoms with Gasteiger partial charge < -0.3 is 53.0 Å². The Hall–Kier alpha value is -6.04. The number of carbonyl (C=O) groups excluding carboxylic acids is 5. The molecule has 8 atom stereocenters. The summed E-state index contributed by atoms with van der Waals surface area (Å²) in [6, 6.07) is 3.66. The fourth-order valence-corrected chi connectivity index (χ4v) is 6.10. The summed E-state index contributed by atoms with van der Waals surface area (Å²) in [5, 5.41) is 40.9. The molecule has 0 aliphatic carbocycles. The van der Waals surface area contributed by atoms with E-state index in [1.807, 2.05) is 43.3 Å². The van der Waals surface area contributed by atoms with Gasteiger partial charge in [-0.25, -0.2) is 9.59 Å². The summed E-state index contributed by atoms with van der Waals surface area (Å²) >= 11 is 0. The predicted molar refractivity (Wildman–Crippen MR) is 215 cm³/mol. The number of carbonyl (C=O) groups is 7. The summed E-state index contributed by atoms with van der Waals surface area (Å²) in [5.74, 6) is -10.3. The van der Waals surface area contributed by atoms with E-state index in [-0.39, 0.29) is 43.4 Å². The van der Waals surface area contributed by atoms with Crippen LogP contribution in [0.5, 0.6) is 0 Å². The number of aliphatic carboxylic acids is 2. The third-order valence-electron chi connectivity index (χ3n) is 9.80. The van der Waals surface area contributed by atoms with Crippen LogP contribution >= 0.6 is 0 Å². The molecule has 5 amide bonds. The maximum Gasteiger partial charge on any atom is 0.327 e. The molecule has 1 aliphatic heterocycles. The smallest absolute Gasteiger partial charge is 0.327 e. The number of aliphatic hydroxyl groups is 1. The number of guanidine groups is 1. The minimum Gasteiger partial charge on any atom is -0.480 e. The number of hydrogen-bond acceptors (Lipinski definition) is 9. The minimum absolute atomic E-state index is 0.0470. The highest BCUT2D eigenvalue weighted by atomic mass is 16.4. The average molecular weight is 811 g/mol. The van der Waals surface area contributed by atoms with Crippen LogP contribution < -0.4 is 32.7 Å². The Labute approximate surface area is 338 Å². The second kappa shape index (κ2) is 23.3. The number of carboxylic acids is 2. The fraction of sp³-hybridized carbons (Fsp3) is 0.500. The van der Waals surface area contributed by atoms with Crippen molar-refractivity contribution in [3.05, 3.63) is 71.5 Å². The number of aliphatic hydroxyl groups excluding tert-OH is 1. The molecule has 18 heteroatoms. The van der Waals surface area contributed by atoms with Crippen LogP contribution in [0.2, 0.25) is 0 Å². The van der Waals surface area contributed by atoms with Crippen LogP contribution in [0.3, 0.4) is 0 Å². The van der Waals surface area contributed by atoms with Crippen LogP contribution in [-0.4, -0.2) is 112 Å². The number of nitrogens with one attached hydrogen (secondary N) is 4. The van der Waals surface area contributed by atoms with Gasteiger partial charge in [0, 0.05) is 25.9 Å². The zero-order chi connectivity index (χ0) is 43.7. The molecule has 318 valence electrons. The fourth-order valence-electron chi connectivity index (χ4n) is 6.10. The summed E-state index contributed by atoms with van der Waals surface area (Å²) in [5.41, 5.74) is 12.2. The maximum absolute atomic E-state index is 14.0. The first-order chi connectivity index (χ1) is 27.3. The van der Waals surface area contributed by atoms with Gasteiger partial charge in [0.05, 0.1) is 24.0 Å². The molecule has 0 bridgehead atoms. The van der Waals surface area contributed by atoms with Gasteiger partial charge in [-0.15, -0.1) is 0 Å². The average Bonchev–Trinajstić information content (AvgIpc) is 3.17. The van der Waals surface area contributed by atoms with Gasteiger partial charge in [-0.1, -0.05) is 81.0 Å². The lowest BCUT2D eigenvalue weighted by Gasteiger charge is -2.28. The van der Waals surface area contributed by atoms with Gasteiger partial charge >= 0.3 is 11.9 Å². The van der Waals surface area contributed by atoms with Gasteiger partial charge in [0.1, 0.15) is 23.8 Å². The Bertz CT molecular complexity index is 1760. The number of nitrogens with two attached hydrogens (primary N) is 2. The molecule has 0 saturated carbocycles. The zero-order valence-corrected chi connectivity index (χ0v) is 33.8. The largest absolute Gasteiger partial charge is 0.480 e. The quantitative estimate of drug-likeness (QED) is 0.0454. The molecule has 0 aromatic heterocycles. The second-order valence-corrected chi connectivity index (χ2v) is 14.4. The molecular weight excluding hydrogens is 752 g/mol. The summed E-state index contributed by atoms with van der Waals surface area (Å²) in [6.07, 6.45) is 5.22. The van der Waals surface area contributed by atoms with Gasteiger partial charge in [-0.2, -0.15) is 0 Å². The Morgan fingerprint density at radius 1 is 0.948 bits per heavy atom. The van der Waals surface area contributed by atoms with E-state index in [9.17, 15) is 48.9 Å². The minimum atomic E-state index is -1.81. The van der Waals surface area contributed by atoms with Crippen LogP contribution in [0.15, 0.2) is 70.9 Å². The molecule has 58 heavy (non-hydrogen) atoms. The highest BCUT2D eigenvalue weighted by molar-refractivity contribution is 6.00. The third-order valence-corrected chi connectivity index (χ3v) is 9.80. The molecule has 1 aromatic carbocycles. The number of aliphatic imine (C=N–C) groups is 1. The number of hydrogen-bond donors (Lipinski definition) is 9. The number of benzene rings is 1. The molecule has 1 saturated heterocycles. The molecule has 0 spiro atoms. The van der Waals surface area contributed by atoms with E-state index in [0.29, 0.717) is 12.0 Å². The van der Waals surface area contributed by atoms with Crippen molar-refractivity contribution in [2.24, 2.45) is 34.2 Å². The Morgan fingerprint density at radius 3 is 2.17 bits per heavy atom. The molecule has 0 unspecified atom stereocenters. The standard InChI is InChI=1S/C40H58N8O10/c1-7-30-37(54)47-33(39(57)58)25(5)35(52)45-28(14-11-19-43-40(41)42)36(53)44-27(24(4)34(51)46-29(38(55)56)17-18-32(50)48(30)6)16-15-22(2)20-23(3)31(49)21-26-12-9-8-10-13-26/h7-10,12-13,15-16,20,23-25,27-29,31,33,49H,11,14,17-19,21H2,1-6H3,(H,44,53)(H,45,52)(H,46,51)(H,47,54)(H,55,56)(H,57,58)(H4,41,42,43)/b16-15+,22-20+,30-7?/t23-,24-,25-,27-,28-,29+,31-,33+/m0/s1. The van der Waals surface area contributed by atoms with Crippen molar-refractivity contribution in [3.8, 4) is 0 Å². The van der Waals surface area contributed by atoms with E-state index in [4.69, 9.17) is 11.5 Å². The van der Waals surface area contributed by atoms with Crippen LogP contribution in [0.25, 0.3) is 0 Å². The van der Waals surface area contributed by atoms with Crippen LogP contribution in [-0.2, 0) is 40.0 Å². The lowest BCUT2D eigenvalue weighted by Crippen LogP contribution is -2.56. The van der Waals surface area contributed by atoms with Gasteiger partial charge in [0.2, 0.25) is 23.6 Å². The zero-order valence-electron chi connectivity index (χ0n) is 33.8. The molecule has 1 aliphatic rings. The van der Waals surface area contributed by atoms with Crippen LogP contribution in [0.4, 0.5) is 0 Å². The van der Waals surface area contributed by atoms with Gasteiger partial charge in [-0.3, -0.25) is 29.0 Å². The summed E-state index contributed by atoms with van der Waals surface area (Å²) < 4.78 is 0. The van der Waals surface area contributed by atoms with E-state index in [1.165, 1.54) is 40.0 Å². The van der Waals surface area contributed by atoms with Crippen LogP contribution in [0.1, 0.15) is 65.9 Å². The molecule has 18 nitrogen and oxygen atoms in total. The molecule has 2 rings (SSSR count). The van der Waals surface area contributed by atoms with E-state index in [1.54, 1.807) is 13.0 Å². The highest BCUT2D eigenvalue weighted by Crippen LogP contribution is 2.17. The first kappa shape index (κ1) is 48.1. The number of carboxylic acid groups (broad SMARTS) is 2. The summed E-state index contributed by atoms with van der Waals surface area (Å²) in [7, 11) is 1.24. The number of rotatable bonds is 12. The lowest BCUT2D eigenvalue weighted by atomic mass is 9.94. The number of allylic oxidation sites excluding steroid dienone is 3. The molecule has 11 N–H and O–H groups in total. The maximum atomic E-state index is 14.0. The summed E-state index contributed by atoms with van der Waals surface area (Å²) in [4.78, 5) is 97.2. The van der Waals surface area contributed by atoms with E-state index < -0.39 is 90.0 Å². The lowest BCUT2D eigenvalue weighted by molar-refractivity contribution is -0.146. The number of amides is 5. The predicted octanol–water partition coefficient (Wildman–Crippen LogP) is 0.319. The first-order valence-corrected chi connectivity index (χ1v) is 19.0. The molecule has 1 fully saturated rings. The molecule has 0 radical (unpaired) electrons. The summed E-state index contributed by atoms with van der Waals surface area (Å²) in [6.45, 7) is 7.79. The SMILES string of the molecule is CC=C1C(=O)N[C@@H](C(=O)O)[C@H](C)C(=O)N[C@@H](CCCN=C(N)N)C(=O)N[C@@H](/C=C/C(C)=C/[C@H](C)[C@@H](O)Cc2ccccc2)[C@H](C)C(=O)N[C@@H](C(=O)O)CCC(=O)N1C. The van der Waals surface area contributed by atoms with Crippen molar-refractivity contribution in [1.82, 2.24) is 26.2 Å². The van der Waals surface area contributed by atoms with E-state index in [2.05, 4.69) is 26.3 Å². The van der Waals surface area contributed by atoms with Crippen molar-refractivity contribution in [1.29, 1.82) is 0 Å². The van der Waals surface area contributed by atoms with Gasteiger partial charge in [0.15, 0.2) is 5.96 Å². The number of likely N-dealkylation sites (N-methyl/N-ethyl adjacent to an activating group) is 1. The monoisotopic (exact) mass is 810 g/mol. The first-order valence-electron chi connectivity index (χ1n) is 19.0. The highest BCUT2D eigenvalue weighted by Gasteiger charge is 2.36. The molecule has 1 heterocycles. The topological polar surface area (TPSA) is 296 Å². The normalized spacial score (nSPS) is 25.3. The van der Waals surface area contributed by atoms with Crippen molar-refractivity contribution in [2.75, 3.05) is 13.6 Å². The molecular formula is C40H58N8O10. The van der Waals surface area contributed by atoms with E-state index >= 15 is 0 Å². The van der Waals surface area contributed by atoms with Gasteiger partial charge in [0.25, 0.3) is 5.91 Å². The van der Waals surface area contributed by atoms with E-state index in [0.717, 1.165) is 10.5 Å². The Balaban J connectivity index is 2.61. The van der Waals surface area contributed by atoms with Gasteiger partial charge in [-0.05, 0) is 45.1 Å². The van der Waals surface area contributed by atoms with Crippen molar-refractivity contribution in [2.45, 2.75) is 97.0 Å². The number of nitrogens with zero attached hydrogens (tertiary/aromatic N) is 2. The second-order valence-electron chi connectivity index (χ2n) is 14.4. The Morgan fingerprint density at radius 2 is 1.59 bits per heavy atom. The van der Waals surface area contributed by atoms with Crippen molar-refractivity contribution in [3.63, 3.8) is 0 Å². The third kappa shape index (κ3) is 15.1. The van der Waals surface area contributed by atoms with Crippen molar-refractivity contribution < 1.29 is 48.9 Å². The Kier molecular flexibility index (Phi) is 19.3. The molecule has 1 aromatic rings. The van der Waals surface area contributed by atoms with Crippen molar-refractivity contribution >= 4 is 47.4 Å². The van der Waals surface area contributed by atoms with Crippen LogP contribution in [0, 0.1) is 17.8 Å².